The normalized spacial score (nSPS) is 25.6. The minimum atomic E-state index is -0.931. The Kier molecular flexibility index (Phi) is 2.46. The summed E-state index contributed by atoms with van der Waals surface area (Å²) in [7, 11) is 0. The molecule has 1 radical (unpaired) electrons. The second kappa shape index (κ2) is 3.07. The molecule has 1 N–H and O–H groups in total. The molecule has 1 rings (SSSR count). The van der Waals surface area contributed by atoms with E-state index in [0.29, 0.717) is 5.57 Å². The van der Waals surface area contributed by atoms with Crippen LogP contribution >= 0.6 is 0 Å². The Hall–Kier alpha value is -0.870. The Morgan fingerprint density at radius 1 is 1.43 bits per heavy atom. The summed E-state index contributed by atoms with van der Waals surface area (Å²) in [5.74, 6) is -0.931. The number of carboxylic acid groups (broad SMARTS) is 1. The fourth-order valence-electron chi connectivity index (χ4n) is 1.99. The minimum Gasteiger partial charge on any atom is -0.478 e. The zero-order valence-corrected chi connectivity index (χ0v) is 9.00. The summed E-state index contributed by atoms with van der Waals surface area (Å²) in [5.41, 5.74) is -1.06. The van der Waals surface area contributed by atoms with Gasteiger partial charge >= 0.3 is 5.97 Å². The number of hydroxylamine groups is 2. The SMILES string of the molecule is CC1(C)C=C(C(=O)O)CC(C)(C)N1[O]. The third-order valence-corrected chi connectivity index (χ3v) is 2.50. The monoisotopic (exact) mass is 198 g/mol. The highest BCUT2D eigenvalue weighted by Crippen LogP contribution is 2.35. The van der Waals surface area contributed by atoms with Crippen molar-refractivity contribution in [2.24, 2.45) is 0 Å². The third kappa shape index (κ3) is 1.81. The molecule has 0 saturated heterocycles. The molecule has 4 heteroatoms. The van der Waals surface area contributed by atoms with Crippen LogP contribution in [0.2, 0.25) is 0 Å². The zero-order valence-electron chi connectivity index (χ0n) is 9.00. The summed E-state index contributed by atoms with van der Waals surface area (Å²) in [6, 6.07) is 0. The van der Waals surface area contributed by atoms with E-state index in [1.54, 1.807) is 27.7 Å². The second-order valence-electron chi connectivity index (χ2n) is 4.91. The third-order valence-electron chi connectivity index (χ3n) is 2.50. The van der Waals surface area contributed by atoms with Crippen LogP contribution in [0.4, 0.5) is 0 Å². The molecule has 0 fully saturated rings. The summed E-state index contributed by atoms with van der Waals surface area (Å²) in [4.78, 5) is 10.8. The van der Waals surface area contributed by atoms with E-state index in [1.165, 1.54) is 6.08 Å². The fraction of sp³-hybridized carbons (Fsp3) is 0.700. The van der Waals surface area contributed by atoms with Gasteiger partial charge < -0.3 is 5.11 Å². The predicted octanol–water partition coefficient (Wildman–Crippen LogP) is 1.61. The van der Waals surface area contributed by atoms with Crippen LogP contribution in [0.1, 0.15) is 34.1 Å². The van der Waals surface area contributed by atoms with Gasteiger partial charge in [-0.05, 0) is 34.1 Å². The average Bonchev–Trinajstić information content (AvgIpc) is 1.98. The summed E-state index contributed by atoms with van der Waals surface area (Å²) >= 11 is 0. The molecular formula is C10H16NO3. The maximum absolute atomic E-state index is 11.8. The van der Waals surface area contributed by atoms with Gasteiger partial charge in [0, 0.05) is 11.1 Å². The van der Waals surface area contributed by atoms with Crippen molar-refractivity contribution in [2.45, 2.75) is 45.2 Å². The van der Waals surface area contributed by atoms with Crippen molar-refractivity contribution in [1.82, 2.24) is 5.06 Å². The van der Waals surface area contributed by atoms with Gasteiger partial charge in [-0.1, -0.05) is 6.08 Å². The van der Waals surface area contributed by atoms with Crippen LogP contribution in [0.3, 0.4) is 0 Å². The molecule has 0 aliphatic carbocycles. The number of carboxylic acids is 1. The lowest BCUT2D eigenvalue weighted by Gasteiger charge is -2.44. The maximum atomic E-state index is 11.8. The first kappa shape index (κ1) is 11.2. The average molecular weight is 198 g/mol. The largest absolute Gasteiger partial charge is 0.478 e. The first-order valence-corrected chi connectivity index (χ1v) is 4.59. The molecule has 14 heavy (non-hydrogen) atoms. The van der Waals surface area contributed by atoms with Crippen LogP contribution in [0.15, 0.2) is 11.6 Å². The van der Waals surface area contributed by atoms with Crippen molar-refractivity contribution in [3.8, 4) is 0 Å². The van der Waals surface area contributed by atoms with Crippen molar-refractivity contribution in [3.05, 3.63) is 11.6 Å². The lowest BCUT2D eigenvalue weighted by molar-refractivity contribution is -0.263. The van der Waals surface area contributed by atoms with Crippen molar-refractivity contribution in [1.29, 1.82) is 0 Å². The molecule has 0 aromatic heterocycles. The maximum Gasteiger partial charge on any atom is 0.331 e. The molecule has 0 aromatic rings. The first-order valence-electron chi connectivity index (χ1n) is 4.59. The smallest absolute Gasteiger partial charge is 0.331 e. The highest BCUT2D eigenvalue weighted by atomic mass is 16.5. The number of rotatable bonds is 1. The Morgan fingerprint density at radius 2 is 1.93 bits per heavy atom. The lowest BCUT2D eigenvalue weighted by atomic mass is 9.83. The standard InChI is InChI=1S/C10H16NO3/c1-9(2)5-7(8(12)13)6-10(3,4)11(9)14/h5H,6H2,1-4H3,(H,12,13). The molecule has 4 nitrogen and oxygen atoms in total. The van der Waals surface area contributed by atoms with E-state index in [2.05, 4.69) is 0 Å². The van der Waals surface area contributed by atoms with E-state index < -0.39 is 17.0 Å². The van der Waals surface area contributed by atoms with Gasteiger partial charge in [-0.25, -0.2) is 4.79 Å². The molecule has 1 aliphatic rings. The highest BCUT2D eigenvalue weighted by molar-refractivity contribution is 5.87. The van der Waals surface area contributed by atoms with Gasteiger partial charge in [-0.2, -0.15) is 0 Å². The lowest BCUT2D eigenvalue weighted by Crippen LogP contribution is -2.55. The van der Waals surface area contributed by atoms with E-state index in [0.717, 1.165) is 5.06 Å². The van der Waals surface area contributed by atoms with E-state index in [-0.39, 0.29) is 6.42 Å². The molecule has 1 heterocycles. The van der Waals surface area contributed by atoms with Crippen molar-refractivity contribution in [3.63, 3.8) is 0 Å². The quantitative estimate of drug-likeness (QED) is 0.696. The molecule has 0 amide bonds. The molecule has 1 aliphatic heterocycles. The molecule has 0 bridgehead atoms. The van der Waals surface area contributed by atoms with E-state index in [4.69, 9.17) is 5.11 Å². The Bertz CT molecular complexity index is 292. The van der Waals surface area contributed by atoms with Gasteiger partial charge in [0.1, 0.15) is 0 Å². The molecule has 0 saturated carbocycles. The van der Waals surface area contributed by atoms with Crippen LogP contribution in [-0.4, -0.2) is 27.2 Å². The fourth-order valence-corrected chi connectivity index (χ4v) is 1.99. The zero-order chi connectivity index (χ0) is 11.1. The number of nitrogens with zero attached hydrogens (tertiary/aromatic N) is 1. The number of hydrogen-bond acceptors (Lipinski definition) is 2. The molecule has 0 aromatic carbocycles. The second-order valence-corrected chi connectivity index (χ2v) is 4.91. The van der Waals surface area contributed by atoms with E-state index in [9.17, 15) is 10.0 Å². The molecular weight excluding hydrogens is 182 g/mol. The number of aliphatic carboxylic acids is 1. The predicted molar refractivity (Wildman–Crippen MR) is 51.0 cm³/mol. The number of hydrogen-bond donors (Lipinski definition) is 1. The van der Waals surface area contributed by atoms with Crippen LogP contribution in [0.25, 0.3) is 0 Å². The van der Waals surface area contributed by atoms with Gasteiger partial charge in [-0.15, -0.1) is 10.3 Å². The first-order chi connectivity index (χ1) is 6.17. The van der Waals surface area contributed by atoms with Crippen molar-refractivity contribution >= 4 is 5.97 Å². The van der Waals surface area contributed by atoms with E-state index in [1.807, 2.05) is 0 Å². The summed E-state index contributed by atoms with van der Waals surface area (Å²) in [6.45, 7) is 6.98. The Morgan fingerprint density at radius 3 is 2.29 bits per heavy atom. The minimum absolute atomic E-state index is 0.287. The molecule has 0 unspecified atom stereocenters. The topological polar surface area (TPSA) is 60.4 Å². The molecule has 0 spiro atoms. The van der Waals surface area contributed by atoms with Crippen LogP contribution in [0, 0.1) is 0 Å². The van der Waals surface area contributed by atoms with Gasteiger partial charge in [-0.3, -0.25) is 0 Å². The van der Waals surface area contributed by atoms with Gasteiger partial charge in [0.15, 0.2) is 0 Å². The summed E-state index contributed by atoms with van der Waals surface area (Å²) in [6.07, 6.45) is 1.82. The van der Waals surface area contributed by atoms with Crippen LogP contribution < -0.4 is 0 Å². The van der Waals surface area contributed by atoms with Crippen LogP contribution in [-0.2, 0) is 10.0 Å². The van der Waals surface area contributed by atoms with Gasteiger partial charge in [0.05, 0.1) is 5.54 Å². The Balaban J connectivity index is 3.12. The summed E-state index contributed by atoms with van der Waals surface area (Å²) in [5, 5.41) is 21.7. The van der Waals surface area contributed by atoms with E-state index >= 15 is 0 Å². The highest BCUT2D eigenvalue weighted by Gasteiger charge is 2.43. The molecule has 79 valence electrons. The van der Waals surface area contributed by atoms with Gasteiger partial charge in [0.2, 0.25) is 0 Å². The van der Waals surface area contributed by atoms with Crippen molar-refractivity contribution in [2.75, 3.05) is 0 Å². The van der Waals surface area contributed by atoms with Gasteiger partial charge in [0.25, 0.3) is 0 Å². The number of carbonyl (C=O) groups is 1. The Labute approximate surface area is 83.8 Å². The van der Waals surface area contributed by atoms with Crippen LogP contribution in [0.5, 0.6) is 0 Å². The van der Waals surface area contributed by atoms with Crippen molar-refractivity contribution < 1.29 is 15.1 Å². The molecule has 0 atom stereocenters. The summed E-state index contributed by atoms with van der Waals surface area (Å²) < 4.78 is 0.